The number of aromatic nitrogens is 3. The molecule has 46 heavy (non-hydrogen) atoms. The van der Waals surface area contributed by atoms with Gasteiger partial charge in [-0.15, -0.1) is 46.8 Å². The Bertz CT molecular complexity index is 2220. The zero-order valence-electron chi connectivity index (χ0n) is 32.5. The summed E-state index contributed by atoms with van der Waals surface area (Å²) in [5.74, 6) is 1.80. The fourth-order valence-corrected chi connectivity index (χ4v) is 6.40. The number of imidazole rings is 1. The summed E-state index contributed by atoms with van der Waals surface area (Å²) < 4.78 is 47.3. The predicted molar refractivity (Wildman–Crippen MR) is 192 cm³/mol. The zero-order chi connectivity index (χ0) is 36.7. The largest absolute Gasteiger partial charge is 0.333 e. The maximum Gasteiger partial charge on any atom is 0.0774 e. The van der Waals surface area contributed by atoms with Gasteiger partial charge in [-0.25, -0.2) is 0 Å². The van der Waals surface area contributed by atoms with Gasteiger partial charge in [-0.3, -0.25) is 16.3 Å². The van der Waals surface area contributed by atoms with Gasteiger partial charge in [0.1, 0.15) is 0 Å². The number of pyridine rings is 1. The number of aryl methyl sites for hydroxylation is 3. The molecule has 3 aromatic heterocycles. The van der Waals surface area contributed by atoms with Crippen molar-refractivity contribution in [3.05, 3.63) is 136 Å². The molecule has 5 heteroatoms. The van der Waals surface area contributed by atoms with Gasteiger partial charge in [0.25, 0.3) is 0 Å². The van der Waals surface area contributed by atoms with E-state index in [4.69, 9.17) is 13.2 Å². The average molecular weight is 804 g/mol. The Balaban J connectivity index is 0.000000217. The molecule has 0 aliphatic carbocycles. The number of para-hydroxylation sites is 3. The third-order valence-electron chi connectivity index (χ3n) is 7.87. The molecular formula is C41H39IrN3S-2. The Hall–Kier alpha value is -3.89. The van der Waals surface area contributed by atoms with E-state index < -0.39 is 13.7 Å². The summed E-state index contributed by atoms with van der Waals surface area (Å²) in [4.78, 5) is 9.23. The maximum atomic E-state index is 7.28. The van der Waals surface area contributed by atoms with Crippen LogP contribution in [-0.4, -0.2) is 14.5 Å². The van der Waals surface area contributed by atoms with Crippen LogP contribution in [0.1, 0.15) is 75.6 Å². The van der Waals surface area contributed by atoms with E-state index in [1.165, 1.54) is 56.9 Å². The molecule has 0 fully saturated rings. The molecule has 235 valence electrons. The van der Waals surface area contributed by atoms with E-state index in [9.17, 15) is 0 Å². The molecule has 0 saturated heterocycles. The average Bonchev–Trinajstić information content (AvgIpc) is 3.68. The van der Waals surface area contributed by atoms with E-state index in [2.05, 4.69) is 116 Å². The van der Waals surface area contributed by atoms with Gasteiger partial charge in [0, 0.05) is 40.2 Å². The van der Waals surface area contributed by atoms with Crippen LogP contribution in [0.2, 0.25) is 0 Å². The van der Waals surface area contributed by atoms with E-state index in [0.29, 0.717) is 23.1 Å². The molecule has 7 rings (SSSR count). The quantitative estimate of drug-likeness (QED) is 0.162. The van der Waals surface area contributed by atoms with E-state index >= 15 is 0 Å². The van der Waals surface area contributed by atoms with Crippen molar-refractivity contribution in [2.45, 2.75) is 60.2 Å². The molecule has 0 aliphatic rings. The minimum absolute atomic E-state index is 0. The van der Waals surface area contributed by atoms with Crippen LogP contribution in [0.4, 0.5) is 0 Å². The maximum absolute atomic E-state index is 7.28. The van der Waals surface area contributed by atoms with E-state index in [-0.39, 0.29) is 31.2 Å². The minimum atomic E-state index is -2.18. The van der Waals surface area contributed by atoms with Crippen molar-refractivity contribution in [3.8, 4) is 28.3 Å². The number of thiophene rings is 1. The summed E-state index contributed by atoms with van der Waals surface area (Å²) >= 11 is 1.67. The number of rotatable bonds is 5. The molecule has 0 spiro atoms. The first-order valence-corrected chi connectivity index (χ1v) is 16.0. The monoisotopic (exact) mass is 804 g/mol. The van der Waals surface area contributed by atoms with E-state index in [1.807, 2.05) is 0 Å². The Kier molecular flexibility index (Phi) is 8.12. The molecule has 0 saturated carbocycles. The fraction of sp³-hybridized carbons (Fsp3) is 0.220. The molecular weight excluding hydrogens is 759 g/mol. The van der Waals surface area contributed by atoms with Crippen LogP contribution in [0.5, 0.6) is 0 Å². The third kappa shape index (κ3) is 6.78. The number of nitrogens with zero attached hydrogens (tertiary/aromatic N) is 3. The van der Waals surface area contributed by atoms with Crippen molar-refractivity contribution in [2.24, 2.45) is 0 Å². The molecule has 0 aliphatic heterocycles. The van der Waals surface area contributed by atoms with Crippen LogP contribution >= 0.6 is 11.3 Å². The van der Waals surface area contributed by atoms with Crippen molar-refractivity contribution >= 4 is 32.5 Å². The first kappa shape index (κ1) is 26.2. The van der Waals surface area contributed by atoms with Crippen LogP contribution < -0.4 is 0 Å². The Morgan fingerprint density at radius 1 is 0.804 bits per heavy atom. The van der Waals surface area contributed by atoms with Crippen LogP contribution in [0, 0.1) is 32.1 Å². The normalized spacial score (nSPS) is 13.6. The van der Waals surface area contributed by atoms with Crippen molar-refractivity contribution in [3.63, 3.8) is 0 Å². The van der Waals surface area contributed by atoms with Crippen molar-refractivity contribution < 1.29 is 28.3 Å². The van der Waals surface area contributed by atoms with Gasteiger partial charge in [-0.05, 0) is 60.1 Å². The molecule has 1 radical (unpaired) electrons. The Morgan fingerprint density at radius 3 is 2.17 bits per heavy atom. The summed E-state index contributed by atoms with van der Waals surface area (Å²) in [6.07, 6.45) is 1.30. The molecule has 0 unspecified atom stereocenters. The summed E-state index contributed by atoms with van der Waals surface area (Å²) in [6, 6.07) is 32.3. The SMILES string of the molecule is Cc1ccc2s[c-]c(-c3nc4ccccc4n3-c3c(C(C)C)cccc3C(C)C)c2c1.[2H]C([2H])([2H])c1c[c-]c(-c2ccc(C([2H])([2H])[2H])cn2)cc1.[Ir]. The predicted octanol–water partition coefficient (Wildman–Crippen LogP) is 11.4. The van der Waals surface area contributed by atoms with Crippen LogP contribution in [-0.2, 0) is 20.1 Å². The fourth-order valence-electron chi connectivity index (χ4n) is 5.58. The van der Waals surface area contributed by atoms with Gasteiger partial charge in [-0.1, -0.05) is 110 Å². The number of fused-ring (bicyclic) bond motifs is 2. The molecule has 0 N–H and O–H groups in total. The Morgan fingerprint density at radius 2 is 1.52 bits per heavy atom. The van der Waals surface area contributed by atoms with Crippen LogP contribution in [0.25, 0.3) is 49.5 Å². The van der Waals surface area contributed by atoms with Gasteiger partial charge in [0.05, 0.1) is 16.9 Å². The summed E-state index contributed by atoms with van der Waals surface area (Å²) in [6.45, 7) is 6.91. The van der Waals surface area contributed by atoms with Gasteiger partial charge in [-0.2, -0.15) is 0 Å². The second kappa shape index (κ2) is 14.3. The van der Waals surface area contributed by atoms with Gasteiger partial charge in [0.15, 0.2) is 0 Å². The van der Waals surface area contributed by atoms with Crippen molar-refractivity contribution in [1.82, 2.24) is 14.5 Å². The van der Waals surface area contributed by atoms with Crippen molar-refractivity contribution in [2.75, 3.05) is 0 Å². The first-order chi connectivity index (χ1) is 24.1. The van der Waals surface area contributed by atoms with Gasteiger partial charge >= 0.3 is 0 Å². The van der Waals surface area contributed by atoms with E-state index in [0.717, 1.165) is 22.4 Å². The van der Waals surface area contributed by atoms with Crippen LogP contribution in [0.3, 0.4) is 0 Å². The molecule has 7 aromatic rings. The number of benzene rings is 4. The molecule has 3 heterocycles. The second-order valence-corrected chi connectivity index (χ2v) is 12.7. The third-order valence-corrected chi connectivity index (χ3v) is 8.75. The number of hydrogen-bond acceptors (Lipinski definition) is 3. The minimum Gasteiger partial charge on any atom is -0.333 e. The van der Waals surface area contributed by atoms with E-state index in [1.54, 1.807) is 23.5 Å². The summed E-state index contributed by atoms with van der Waals surface area (Å²) in [7, 11) is 0. The topological polar surface area (TPSA) is 30.7 Å². The first-order valence-electron chi connectivity index (χ1n) is 18.1. The smallest absolute Gasteiger partial charge is 0.0774 e. The van der Waals surface area contributed by atoms with Crippen molar-refractivity contribution in [1.29, 1.82) is 0 Å². The van der Waals surface area contributed by atoms with Gasteiger partial charge < -0.3 is 9.55 Å². The molecule has 0 atom stereocenters. The molecule has 0 bridgehead atoms. The molecule has 3 nitrogen and oxygen atoms in total. The standard InChI is InChI=1S/C28H27N2S.C13H12N.Ir/c1-17(2)20-9-8-10-21(18(3)4)27(20)30-25-12-7-6-11-24(25)29-28(30)23-16-31-26-14-13-19(5)15-22(23)26;1-10-3-6-12(7-4-10)13-8-5-11(2)9-14-13;/h6-15,17-18H,1-5H3;3-6,8-9H,1-2H3;/q2*-1;/i;1D3,2D3;. The van der Waals surface area contributed by atoms with Crippen LogP contribution in [0.15, 0.2) is 97.2 Å². The second-order valence-electron chi connectivity index (χ2n) is 11.9. The summed E-state index contributed by atoms with van der Waals surface area (Å²) in [5.41, 5.74) is 10.0. The zero-order valence-corrected chi connectivity index (χ0v) is 29.7. The Labute approximate surface area is 299 Å². The number of hydrogen-bond donors (Lipinski definition) is 0. The summed E-state index contributed by atoms with van der Waals surface area (Å²) in [5, 5.41) is 4.82. The van der Waals surface area contributed by atoms with Gasteiger partial charge in [0.2, 0.25) is 0 Å². The molecule has 0 amide bonds. The molecule has 4 aromatic carbocycles.